The SMILES string of the molecule is CC(C)(C)c1ccc(C(=O)C(=O)c2ccc(Br)cc2)cc1. The molecule has 0 bridgehead atoms. The predicted molar refractivity (Wildman–Crippen MR) is 87.9 cm³/mol. The highest BCUT2D eigenvalue weighted by atomic mass is 79.9. The molecule has 0 spiro atoms. The summed E-state index contributed by atoms with van der Waals surface area (Å²) < 4.78 is 0.876. The molecule has 2 rings (SSSR count). The number of halogens is 1. The normalized spacial score (nSPS) is 11.2. The first-order valence-electron chi connectivity index (χ1n) is 6.74. The van der Waals surface area contributed by atoms with E-state index in [-0.39, 0.29) is 5.41 Å². The number of benzene rings is 2. The van der Waals surface area contributed by atoms with Crippen LogP contribution in [0.4, 0.5) is 0 Å². The van der Waals surface area contributed by atoms with E-state index in [1.807, 2.05) is 12.1 Å². The lowest BCUT2D eigenvalue weighted by molar-refractivity contribution is 0.0817. The highest BCUT2D eigenvalue weighted by Gasteiger charge is 2.19. The van der Waals surface area contributed by atoms with Crippen molar-refractivity contribution in [1.29, 1.82) is 0 Å². The number of Topliss-reactive ketones (excluding diaryl/α,β-unsaturated/α-hetero) is 2. The molecule has 0 aliphatic carbocycles. The summed E-state index contributed by atoms with van der Waals surface area (Å²) >= 11 is 3.31. The molecule has 0 atom stereocenters. The van der Waals surface area contributed by atoms with E-state index in [1.165, 1.54) is 0 Å². The summed E-state index contributed by atoms with van der Waals surface area (Å²) in [6.07, 6.45) is 0. The molecule has 0 aliphatic heterocycles. The van der Waals surface area contributed by atoms with Crippen LogP contribution in [0.15, 0.2) is 53.0 Å². The summed E-state index contributed by atoms with van der Waals surface area (Å²) in [5.41, 5.74) is 1.99. The zero-order valence-electron chi connectivity index (χ0n) is 12.3. The minimum Gasteiger partial charge on any atom is -0.285 e. The standard InChI is InChI=1S/C18H17BrO2/c1-18(2,3)14-8-4-12(5-9-14)16(20)17(21)13-6-10-15(19)11-7-13/h4-11H,1-3H3. The Morgan fingerprint density at radius 3 is 1.52 bits per heavy atom. The fraction of sp³-hybridized carbons (Fsp3) is 0.222. The van der Waals surface area contributed by atoms with Crippen LogP contribution in [0.3, 0.4) is 0 Å². The molecule has 0 heterocycles. The molecule has 0 fully saturated rings. The molecule has 0 unspecified atom stereocenters. The van der Waals surface area contributed by atoms with Crippen LogP contribution in [0.2, 0.25) is 0 Å². The molecule has 0 N–H and O–H groups in total. The molecule has 3 heteroatoms. The van der Waals surface area contributed by atoms with Crippen LogP contribution < -0.4 is 0 Å². The van der Waals surface area contributed by atoms with Crippen molar-refractivity contribution in [1.82, 2.24) is 0 Å². The van der Waals surface area contributed by atoms with E-state index in [2.05, 4.69) is 36.7 Å². The van der Waals surface area contributed by atoms with Gasteiger partial charge in [0.25, 0.3) is 0 Å². The van der Waals surface area contributed by atoms with Gasteiger partial charge in [-0.3, -0.25) is 9.59 Å². The van der Waals surface area contributed by atoms with Gasteiger partial charge < -0.3 is 0 Å². The van der Waals surface area contributed by atoms with Gasteiger partial charge in [-0.05, 0) is 35.2 Å². The summed E-state index contributed by atoms with van der Waals surface area (Å²) in [4.78, 5) is 24.4. The van der Waals surface area contributed by atoms with Crippen molar-refractivity contribution >= 4 is 27.5 Å². The number of ketones is 2. The Balaban J connectivity index is 2.24. The first-order valence-corrected chi connectivity index (χ1v) is 7.53. The quantitative estimate of drug-likeness (QED) is 0.591. The van der Waals surface area contributed by atoms with Gasteiger partial charge in [-0.15, -0.1) is 0 Å². The fourth-order valence-corrected chi connectivity index (χ4v) is 2.25. The van der Waals surface area contributed by atoms with Crippen LogP contribution in [0.25, 0.3) is 0 Å². The van der Waals surface area contributed by atoms with Crippen LogP contribution in [0, 0.1) is 0 Å². The topological polar surface area (TPSA) is 34.1 Å². The Hall–Kier alpha value is -1.74. The van der Waals surface area contributed by atoms with Crippen molar-refractivity contribution in [2.75, 3.05) is 0 Å². The average Bonchev–Trinajstić information content (AvgIpc) is 2.46. The highest BCUT2D eigenvalue weighted by Crippen LogP contribution is 2.22. The molecule has 0 aromatic heterocycles. The molecule has 0 radical (unpaired) electrons. The summed E-state index contributed by atoms with van der Waals surface area (Å²) in [5, 5.41) is 0. The monoisotopic (exact) mass is 344 g/mol. The molecule has 2 aromatic carbocycles. The van der Waals surface area contributed by atoms with Crippen molar-refractivity contribution in [3.63, 3.8) is 0 Å². The lowest BCUT2D eigenvalue weighted by Crippen LogP contribution is -2.15. The number of carbonyl (C=O) groups is 2. The highest BCUT2D eigenvalue weighted by molar-refractivity contribution is 9.10. The molecule has 21 heavy (non-hydrogen) atoms. The van der Waals surface area contributed by atoms with Gasteiger partial charge in [-0.1, -0.05) is 61.0 Å². The van der Waals surface area contributed by atoms with Crippen LogP contribution in [-0.2, 0) is 5.41 Å². The molecule has 2 nitrogen and oxygen atoms in total. The molecule has 0 aliphatic rings. The van der Waals surface area contributed by atoms with Gasteiger partial charge in [0.1, 0.15) is 0 Å². The van der Waals surface area contributed by atoms with Gasteiger partial charge in [-0.2, -0.15) is 0 Å². The molecular formula is C18H17BrO2. The maximum Gasteiger partial charge on any atom is 0.233 e. The smallest absolute Gasteiger partial charge is 0.233 e. The maximum atomic E-state index is 12.2. The van der Waals surface area contributed by atoms with Gasteiger partial charge in [0.05, 0.1) is 0 Å². The first-order chi connectivity index (χ1) is 9.79. The van der Waals surface area contributed by atoms with Gasteiger partial charge in [0.2, 0.25) is 11.6 Å². The van der Waals surface area contributed by atoms with Gasteiger partial charge >= 0.3 is 0 Å². The number of hydrogen-bond donors (Lipinski definition) is 0. The summed E-state index contributed by atoms with van der Waals surface area (Å²) in [6.45, 7) is 6.32. The Labute approximate surface area is 133 Å². The Bertz CT molecular complexity index is 662. The third kappa shape index (κ3) is 3.67. The predicted octanol–water partition coefficient (Wildman–Crippen LogP) is 4.81. The molecule has 0 saturated heterocycles. The van der Waals surface area contributed by atoms with Crippen molar-refractivity contribution in [2.24, 2.45) is 0 Å². The molecule has 0 saturated carbocycles. The van der Waals surface area contributed by atoms with Crippen LogP contribution >= 0.6 is 15.9 Å². The van der Waals surface area contributed by atoms with E-state index in [0.29, 0.717) is 11.1 Å². The maximum absolute atomic E-state index is 12.2. The largest absolute Gasteiger partial charge is 0.285 e. The Morgan fingerprint density at radius 2 is 1.14 bits per heavy atom. The minimum absolute atomic E-state index is 0.0251. The van der Waals surface area contributed by atoms with E-state index in [0.717, 1.165) is 10.0 Å². The van der Waals surface area contributed by atoms with E-state index in [1.54, 1.807) is 36.4 Å². The second kappa shape index (κ2) is 5.94. The van der Waals surface area contributed by atoms with Gasteiger partial charge in [0.15, 0.2) is 0 Å². The van der Waals surface area contributed by atoms with Gasteiger partial charge in [-0.25, -0.2) is 0 Å². The third-order valence-corrected chi connectivity index (χ3v) is 3.85. The van der Waals surface area contributed by atoms with E-state index < -0.39 is 11.6 Å². The first kappa shape index (κ1) is 15.6. The third-order valence-electron chi connectivity index (χ3n) is 3.33. The number of hydrogen-bond acceptors (Lipinski definition) is 2. The summed E-state index contributed by atoms with van der Waals surface area (Å²) in [7, 11) is 0. The second-order valence-electron chi connectivity index (χ2n) is 5.99. The zero-order valence-corrected chi connectivity index (χ0v) is 13.9. The minimum atomic E-state index is -0.481. The van der Waals surface area contributed by atoms with Crippen molar-refractivity contribution < 1.29 is 9.59 Å². The van der Waals surface area contributed by atoms with Crippen LogP contribution in [-0.4, -0.2) is 11.6 Å². The Kier molecular flexibility index (Phi) is 4.43. The average molecular weight is 345 g/mol. The zero-order chi connectivity index (χ0) is 15.6. The number of rotatable bonds is 3. The number of carbonyl (C=O) groups excluding carboxylic acids is 2. The van der Waals surface area contributed by atoms with Crippen molar-refractivity contribution in [3.8, 4) is 0 Å². The molecular weight excluding hydrogens is 328 g/mol. The lowest BCUT2D eigenvalue weighted by Gasteiger charge is -2.18. The van der Waals surface area contributed by atoms with E-state index in [4.69, 9.17) is 0 Å². The summed E-state index contributed by atoms with van der Waals surface area (Å²) in [6, 6.07) is 14.1. The van der Waals surface area contributed by atoms with Crippen LogP contribution in [0.1, 0.15) is 47.1 Å². The fourth-order valence-electron chi connectivity index (χ4n) is 1.99. The van der Waals surface area contributed by atoms with E-state index >= 15 is 0 Å². The Morgan fingerprint density at radius 1 is 0.762 bits per heavy atom. The van der Waals surface area contributed by atoms with Crippen LogP contribution in [0.5, 0.6) is 0 Å². The lowest BCUT2D eigenvalue weighted by atomic mass is 9.86. The van der Waals surface area contributed by atoms with Gasteiger partial charge in [0, 0.05) is 15.6 Å². The van der Waals surface area contributed by atoms with Crippen molar-refractivity contribution in [2.45, 2.75) is 26.2 Å². The molecule has 2 aromatic rings. The van der Waals surface area contributed by atoms with Crippen molar-refractivity contribution in [3.05, 3.63) is 69.7 Å². The second-order valence-corrected chi connectivity index (χ2v) is 6.91. The van der Waals surface area contributed by atoms with E-state index in [9.17, 15) is 9.59 Å². The molecule has 108 valence electrons. The molecule has 0 amide bonds. The summed E-state index contributed by atoms with van der Waals surface area (Å²) in [5.74, 6) is -0.955.